The molecule has 0 saturated heterocycles. The SMILES string of the molecule is Cc1cc2c(Oc3cc(Br)ccc3C(=O)O)nccn2n1. The zero-order valence-electron chi connectivity index (χ0n) is 10.9. The Bertz CT molecular complexity index is 845. The molecule has 6 nitrogen and oxygen atoms in total. The molecule has 0 saturated carbocycles. The number of benzene rings is 1. The molecular formula is C14H10BrN3O3. The predicted octanol–water partition coefficient (Wildman–Crippen LogP) is 3.29. The number of carbonyl (C=O) groups is 1. The number of aryl methyl sites for hydroxylation is 1. The van der Waals surface area contributed by atoms with E-state index >= 15 is 0 Å². The molecule has 1 N–H and O–H groups in total. The van der Waals surface area contributed by atoms with Gasteiger partial charge < -0.3 is 9.84 Å². The standard InChI is InChI=1S/C14H10BrN3O3/c1-8-6-11-13(16-4-5-18(11)17-8)21-12-7-9(15)2-3-10(12)14(19)20/h2-7H,1H3,(H,19,20). The van der Waals surface area contributed by atoms with Crippen molar-refractivity contribution in [2.75, 3.05) is 0 Å². The van der Waals surface area contributed by atoms with Crippen molar-refractivity contribution < 1.29 is 14.6 Å². The Morgan fingerprint density at radius 1 is 1.38 bits per heavy atom. The second kappa shape index (κ2) is 5.17. The molecule has 0 aliphatic carbocycles. The Balaban J connectivity index is 2.10. The zero-order valence-corrected chi connectivity index (χ0v) is 12.5. The summed E-state index contributed by atoms with van der Waals surface area (Å²) in [7, 11) is 0. The van der Waals surface area contributed by atoms with Gasteiger partial charge in [-0.05, 0) is 31.2 Å². The van der Waals surface area contributed by atoms with Crippen LogP contribution in [-0.2, 0) is 0 Å². The zero-order chi connectivity index (χ0) is 15.0. The minimum absolute atomic E-state index is 0.0678. The summed E-state index contributed by atoms with van der Waals surface area (Å²) in [6, 6.07) is 6.54. The molecule has 0 aliphatic heterocycles. The Kier molecular flexibility index (Phi) is 3.34. The van der Waals surface area contributed by atoms with E-state index in [2.05, 4.69) is 26.0 Å². The van der Waals surface area contributed by atoms with E-state index in [1.807, 2.05) is 13.0 Å². The van der Waals surface area contributed by atoms with Gasteiger partial charge in [0.2, 0.25) is 5.88 Å². The highest BCUT2D eigenvalue weighted by atomic mass is 79.9. The molecule has 0 fully saturated rings. The van der Waals surface area contributed by atoms with Crippen molar-refractivity contribution in [1.82, 2.24) is 14.6 Å². The highest BCUT2D eigenvalue weighted by Gasteiger charge is 2.15. The number of aromatic carboxylic acids is 1. The van der Waals surface area contributed by atoms with Crippen LogP contribution in [0.5, 0.6) is 11.6 Å². The van der Waals surface area contributed by atoms with Gasteiger partial charge in [-0.2, -0.15) is 5.10 Å². The molecule has 3 aromatic rings. The number of hydrogen-bond donors (Lipinski definition) is 1. The third kappa shape index (κ3) is 2.59. The summed E-state index contributed by atoms with van der Waals surface area (Å²) in [5.74, 6) is -0.538. The summed E-state index contributed by atoms with van der Waals surface area (Å²) in [6.45, 7) is 1.86. The molecule has 0 bridgehead atoms. The van der Waals surface area contributed by atoms with Crippen molar-refractivity contribution >= 4 is 27.4 Å². The molecule has 0 radical (unpaired) electrons. The maximum absolute atomic E-state index is 11.3. The maximum atomic E-state index is 11.3. The van der Waals surface area contributed by atoms with E-state index in [0.717, 1.165) is 10.2 Å². The van der Waals surface area contributed by atoms with Crippen LogP contribution in [0.1, 0.15) is 16.1 Å². The second-order valence-electron chi connectivity index (χ2n) is 4.40. The van der Waals surface area contributed by atoms with Crippen LogP contribution in [0.15, 0.2) is 41.1 Å². The van der Waals surface area contributed by atoms with E-state index in [1.165, 1.54) is 6.07 Å². The van der Waals surface area contributed by atoms with Crippen molar-refractivity contribution in [3.8, 4) is 11.6 Å². The number of nitrogens with zero attached hydrogens (tertiary/aromatic N) is 3. The van der Waals surface area contributed by atoms with Crippen molar-refractivity contribution in [2.45, 2.75) is 6.92 Å². The lowest BCUT2D eigenvalue weighted by Gasteiger charge is -2.09. The van der Waals surface area contributed by atoms with Gasteiger partial charge in [-0.3, -0.25) is 0 Å². The normalized spacial score (nSPS) is 10.8. The number of hydrogen-bond acceptors (Lipinski definition) is 4. The molecule has 0 spiro atoms. The van der Waals surface area contributed by atoms with Gasteiger partial charge in [-0.25, -0.2) is 14.3 Å². The van der Waals surface area contributed by atoms with E-state index in [-0.39, 0.29) is 11.3 Å². The fraction of sp³-hybridized carbons (Fsp3) is 0.0714. The number of ether oxygens (including phenoxy) is 1. The number of carboxylic acid groups (broad SMARTS) is 1. The van der Waals surface area contributed by atoms with Gasteiger partial charge in [0.25, 0.3) is 0 Å². The Morgan fingerprint density at radius 2 is 2.19 bits per heavy atom. The molecule has 0 aliphatic rings. The summed E-state index contributed by atoms with van der Waals surface area (Å²) in [4.78, 5) is 15.4. The topological polar surface area (TPSA) is 76.7 Å². The Labute approximate surface area is 128 Å². The van der Waals surface area contributed by atoms with E-state index in [0.29, 0.717) is 11.4 Å². The minimum Gasteiger partial charge on any atom is -0.478 e. The number of halogens is 1. The minimum atomic E-state index is -1.06. The first kappa shape index (κ1) is 13.6. The van der Waals surface area contributed by atoms with Gasteiger partial charge in [-0.15, -0.1) is 0 Å². The third-order valence-electron chi connectivity index (χ3n) is 2.86. The van der Waals surface area contributed by atoms with Crippen LogP contribution in [0.25, 0.3) is 5.52 Å². The first-order chi connectivity index (χ1) is 10.0. The lowest BCUT2D eigenvalue weighted by atomic mass is 10.2. The first-order valence-corrected chi connectivity index (χ1v) is 6.85. The largest absolute Gasteiger partial charge is 0.478 e. The van der Waals surface area contributed by atoms with Gasteiger partial charge >= 0.3 is 5.97 Å². The van der Waals surface area contributed by atoms with Gasteiger partial charge in [0.05, 0.1) is 5.69 Å². The number of fused-ring (bicyclic) bond motifs is 1. The van der Waals surface area contributed by atoms with Gasteiger partial charge in [0, 0.05) is 16.9 Å². The molecule has 3 rings (SSSR count). The smallest absolute Gasteiger partial charge is 0.339 e. The van der Waals surface area contributed by atoms with Gasteiger partial charge in [0.1, 0.15) is 16.8 Å². The molecular weight excluding hydrogens is 338 g/mol. The fourth-order valence-corrected chi connectivity index (χ4v) is 2.30. The second-order valence-corrected chi connectivity index (χ2v) is 5.31. The van der Waals surface area contributed by atoms with Crippen molar-refractivity contribution in [2.24, 2.45) is 0 Å². The van der Waals surface area contributed by atoms with Crippen LogP contribution in [-0.4, -0.2) is 25.7 Å². The number of rotatable bonds is 3. The molecule has 0 amide bonds. The van der Waals surface area contributed by atoms with E-state index in [4.69, 9.17) is 4.74 Å². The first-order valence-electron chi connectivity index (χ1n) is 6.06. The average Bonchev–Trinajstić information content (AvgIpc) is 2.80. The lowest BCUT2D eigenvalue weighted by molar-refractivity contribution is 0.0694. The van der Waals surface area contributed by atoms with Gasteiger partial charge in [0.15, 0.2) is 0 Å². The third-order valence-corrected chi connectivity index (χ3v) is 3.35. The summed E-state index contributed by atoms with van der Waals surface area (Å²) < 4.78 is 8.05. The van der Waals surface area contributed by atoms with Crippen molar-refractivity contribution in [3.05, 3.63) is 52.4 Å². The molecule has 1 aromatic carbocycles. The molecule has 7 heteroatoms. The number of aromatic nitrogens is 3. The van der Waals surface area contributed by atoms with Crippen LogP contribution in [0.3, 0.4) is 0 Å². The van der Waals surface area contributed by atoms with E-state index in [1.54, 1.807) is 29.0 Å². The fourth-order valence-electron chi connectivity index (χ4n) is 1.96. The highest BCUT2D eigenvalue weighted by Crippen LogP contribution is 2.30. The Morgan fingerprint density at radius 3 is 2.95 bits per heavy atom. The average molecular weight is 348 g/mol. The van der Waals surface area contributed by atoms with Crippen LogP contribution >= 0.6 is 15.9 Å². The van der Waals surface area contributed by atoms with Gasteiger partial charge in [-0.1, -0.05) is 15.9 Å². The molecule has 0 atom stereocenters. The summed E-state index contributed by atoms with van der Waals surface area (Å²) in [5.41, 5.74) is 1.56. The summed E-state index contributed by atoms with van der Waals surface area (Å²) in [5, 5.41) is 13.5. The molecule has 21 heavy (non-hydrogen) atoms. The maximum Gasteiger partial charge on any atom is 0.339 e. The molecule has 0 unspecified atom stereocenters. The van der Waals surface area contributed by atoms with E-state index in [9.17, 15) is 9.90 Å². The lowest BCUT2D eigenvalue weighted by Crippen LogP contribution is -2.01. The Hall–Kier alpha value is -2.41. The van der Waals surface area contributed by atoms with Crippen molar-refractivity contribution in [1.29, 1.82) is 0 Å². The van der Waals surface area contributed by atoms with Crippen LogP contribution in [0, 0.1) is 6.92 Å². The highest BCUT2D eigenvalue weighted by molar-refractivity contribution is 9.10. The number of carboxylic acids is 1. The van der Waals surface area contributed by atoms with Crippen LogP contribution in [0.4, 0.5) is 0 Å². The summed E-state index contributed by atoms with van der Waals surface area (Å²) >= 11 is 3.30. The molecule has 106 valence electrons. The monoisotopic (exact) mass is 347 g/mol. The predicted molar refractivity (Wildman–Crippen MR) is 78.9 cm³/mol. The quantitative estimate of drug-likeness (QED) is 0.786. The van der Waals surface area contributed by atoms with Crippen LogP contribution < -0.4 is 4.74 Å². The summed E-state index contributed by atoms with van der Waals surface area (Å²) in [6.07, 6.45) is 3.25. The van der Waals surface area contributed by atoms with E-state index < -0.39 is 5.97 Å². The molecule has 2 aromatic heterocycles. The van der Waals surface area contributed by atoms with Crippen molar-refractivity contribution in [3.63, 3.8) is 0 Å². The molecule has 2 heterocycles. The van der Waals surface area contributed by atoms with Crippen LogP contribution in [0.2, 0.25) is 0 Å².